The van der Waals surface area contributed by atoms with Crippen molar-refractivity contribution in [3.8, 4) is 0 Å². The SMILES string of the molecule is Cn1ncc(N2CCN(Cc3ccccc3C(F)(F)F)CC2)cc1=O. The van der Waals surface area contributed by atoms with Gasteiger partial charge in [0.25, 0.3) is 5.56 Å². The van der Waals surface area contributed by atoms with Crippen LogP contribution >= 0.6 is 0 Å². The molecule has 1 saturated heterocycles. The lowest BCUT2D eigenvalue weighted by Gasteiger charge is -2.36. The average Bonchev–Trinajstić information content (AvgIpc) is 2.58. The van der Waals surface area contributed by atoms with Gasteiger partial charge in [-0.05, 0) is 11.6 Å². The predicted octanol–water partition coefficient (Wildman–Crippen LogP) is 2.12. The van der Waals surface area contributed by atoms with Gasteiger partial charge >= 0.3 is 6.18 Å². The monoisotopic (exact) mass is 352 g/mol. The summed E-state index contributed by atoms with van der Waals surface area (Å²) in [7, 11) is 1.59. The molecule has 134 valence electrons. The molecule has 1 fully saturated rings. The van der Waals surface area contributed by atoms with E-state index >= 15 is 0 Å². The highest BCUT2D eigenvalue weighted by atomic mass is 19.4. The van der Waals surface area contributed by atoms with Crippen molar-refractivity contribution in [3.05, 3.63) is 58.0 Å². The van der Waals surface area contributed by atoms with Crippen molar-refractivity contribution in [1.29, 1.82) is 0 Å². The maximum Gasteiger partial charge on any atom is 0.416 e. The highest BCUT2D eigenvalue weighted by Crippen LogP contribution is 2.32. The molecule has 3 rings (SSSR count). The number of halogens is 3. The standard InChI is InChI=1S/C17H19F3N4O/c1-22-16(25)10-14(11-21-22)24-8-6-23(7-9-24)12-13-4-2-3-5-15(13)17(18,19)20/h2-5,10-11H,6-9,12H2,1H3. The van der Waals surface area contributed by atoms with E-state index < -0.39 is 11.7 Å². The number of rotatable bonds is 3. The minimum Gasteiger partial charge on any atom is -0.368 e. The summed E-state index contributed by atoms with van der Waals surface area (Å²) < 4.78 is 40.5. The van der Waals surface area contributed by atoms with Crippen LogP contribution in [0.3, 0.4) is 0 Å². The van der Waals surface area contributed by atoms with Crippen LogP contribution in [0, 0.1) is 0 Å². The van der Waals surface area contributed by atoms with Gasteiger partial charge in [-0.25, -0.2) is 4.68 Å². The quantitative estimate of drug-likeness (QED) is 0.849. The molecule has 2 aromatic rings. The third-order valence-corrected chi connectivity index (χ3v) is 4.41. The molecule has 1 aromatic heterocycles. The summed E-state index contributed by atoms with van der Waals surface area (Å²) in [6.07, 6.45) is -2.70. The van der Waals surface area contributed by atoms with Crippen molar-refractivity contribution in [2.75, 3.05) is 31.1 Å². The van der Waals surface area contributed by atoms with E-state index in [1.807, 2.05) is 9.80 Å². The number of aryl methyl sites for hydroxylation is 1. The molecule has 1 aromatic carbocycles. The Morgan fingerprint density at radius 2 is 1.80 bits per heavy atom. The van der Waals surface area contributed by atoms with Gasteiger partial charge in [0, 0.05) is 45.8 Å². The normalized spacial score (nSPS) is 16.2. The van der Waals surface area contributed by atoms with E-state index in [2.05, 4.69) is 5.10 Å². The summed E-state index contributed by atoms with van der Waals surface area (Å²) in [5.74, 6) is 0. The molecule has 0 unspecified atom stereocenters. The number of hydrogen-bond acceptors (Lipinski definition) is 4. The van der Waals surface area contributed by atoms with Gasteiger partial charge in [0.05, 0.1) is 17.4 Å². The molecule has 0 aliphatic carbocycles. The topological polar surface area (TPSA) is 41.4 Å². The van der Waals surface area contributed by atoms with E-state index in [1.165, 1.54) is 22.9 Å². The molecule has 1 aliphatic heterocycles. The Bertz CT molecular complexity index is 795. The van der Waals surface area contributed by atoms with Crippen LogP contribution in [-0.2, 0) is 19.8 Å². The summed E-state index contributed by atoms with van der Waals surface area (Å²) in [4.78, 5) is 15.7. The molecule has 0 radical (unpaired) electrons. The van der Waals surface area contributed by atoms with Crippen LogP contribution in [0.25, 0.3) is 0 Å². The predicted molar refractivity (Wildman–Crippen MR) is 88.4 cm³/mol. The Labute approximate surface area is 143 Å². The number of piperazine rings is 1. The second kappa shape index (κ2) is 6.87. The van der Waals surface area contributed by atoms with Crippen LogP contribution < -0.4 is 10.5 Å². The molecule has 0 amide bonds. The molecule has 25 heavy (non-hydrogen) atoms. The number of anilines is 1. The Morgan fingerprint density at radius 3 is 2.44 bits per heavy atom. The van der Waals surface area contributed by atoms with Crippen molar-refractivity contribution in [1.82, 2.24) is 14.7 Å². The largest absolute Gasteiger partial charge is 0.416 e. The Morgan fingerprint density at radius 1 is 1.12 bits per heavy atom. The number of benzene rings is 1. The van der Waals surface area contributed by atoms with E-state index in [1.54, 1.807) is 19.3 Å². The average molecular weight is 352 g/mol. The summed E-state index contributed by atoms with van der Waals surface area (Å²) in [5, 5.41) is 4.00. The number of alkyl halides is 3. The maximum atomic E-state index is 13.1. The molecular weight excluding hydrogens is 333 g/mol. The summed E-state index contributed by atoms with van der Waals surface area (Å²) in [6, 6.07) is 7.22. The zero-order valence-corrected chi connectivity index (χ0v) is 13.8. The lowest BCUT2D eigenvalue weighted by Crippen LogP contribution is -2.46. The Hall–Kier alpha value is -2.35. The Kier molecular flexibility index (Phi) is 4.80. The molecule has 5 nitrogen and oxygen atoms in total. The first kappa shape index (κ1) is 17.5. The molecule has 0 atom stereocenters. The fourth-order valence-corrected chi connectivity index (χ4v) is 2.97. The third kappa shape index (κ3) is 4.01. The fraction of sp³-hybridized carbons (Fsp3) is 0.412. The van der Waals surface area contributed by atoms with E-state index in [4.69, 9.17) is 0 Å². The Balaban J connectivity index is 1.65. The summed E-state index contributed by atoms with van der Waals surface area (Å²) >= 11 is 0. The summed E-state index contributed by atoms with van der Waals surface area (Å²) in [5.41, 5.74) is 0.282. The first-order valence-electron chi connectivity index (χ1n) is 8.00. The lowest BCUT2D eigenvalue weighted by molar-refractivity contribution is -0.138. The molecule has 8 heteroatoms. The van der Waals surface area contributed by atoms with E-state index in [-0.39, 0.29) is 12.1 Å². The maximum absolute atomic E-state index is 13.1. The van der Waals surface area contributed by atoms with Gasteiger partial charge in [-0.1, -0.05) is 18.2 Å². The molecular formula is C17H19F3N4O. The van der Waals surface area contributed by atoms with Gasteiger partial charge in [0.1, 0.15) is 0 Å². The first-order chi connectivity index (χ1) is 11.8. The minimum absolute atomic E-state index is 0.181. The minimum atomic E-state index is -4.34. The van der Waals surface area contributed by atoms with Crippen molar-refractivity contribution in [3.63, 3.8) is 0 Å². The smallest absolute Gasteiger partial charge is 0.368 e. The van der Waals surface area contributed by atoms with Gasteiger partial charge in [-0.15, -0.1) is 0 Å². The molecule has 0 N–H and O–H groups in total. The van der Waals surface area contributed by atoms with Gasteiger partial charge < -0.3 is 4.90 Å². The van der Waals surface area contributed by atoms with Crippen LogP contribution in [0.15, 0.2) is 41.3 Å². The van der Waals surface area contributed by atoms with Crippen LogP contribution in [0.4, 0.5) is 18.9 Å². The van der Waals surface area contributed by atoms with Crippen LogP contribution in [-0.4, -0.2) is 40.9 Å². The zero-order chi connectivity index (χ0) is 18.0. The van der Waals surface area contributed by atoms with Gasteiger partial charge in [0.2, 0.25) is 0 Å². The highest BCUT2D eigenvalue weighted by Gasteiger charge is 2.33. The van der Waals surface area contributed by atoms with Crippen LogP contribution in [0.2, 0.25) is 0 Å². The van der Waals surface area contributed by atoms with Crippen molar-refractivity contribution >= 4 is 5.69 Å². The van der Waals surface area contributed by atoms with Crippen molar-refractivity contribution in [2.45, 2.75) is 12.7 Å². The number of nitrogens with zero attached hydrogens (tertiary/aromatic N) is 4. The van der Waals surface area contributed by atoms with Gasteiger partial charge in [-0.2, -0.15) is 18.3 Å². The zero-order valence-electron chi connectivity index (χ0n) is 13.8. The molecule has 0 bridgehead atoms. The third-order valence-electron chi connectivity index (χ3n) is 4.41. The highest BCUT2D eigenvalue weighted by molar-refractivity contribution is 5.43. The van der Waals surface area contributed by atoms with Crippen molar-refractivity contribution < 1.29 is 13.2 Å². The van der Waals surface area contributed by atoms with Crippen molar-refractivity contribution in [2.24, 2.45) is 7.05 Å². The molecule has 1 aliphatic rings. The van der Waals surface area contributed by atoms with E-state index in [0.717, 1.165) is 11.8 Å². The van der Waals surface area contributed by atoms with E-state index in [0.29, 0.717) is 31.7 Å². The first-order valence-corrected chi connectivity index (χ1v) is 8.00. The van der Waals surface area contributed by atoms with Gasteiger partial charge in [0.15, 0.2) is 0 Å². The molecule has 2 heterocycles. The molecule has 0 saturated carbocycles. The number of hydrogen-bond donors (Lipinski definition) is 0. The number of aromatic nitrogens is 2. The van der Waals surface area contributed by atoms with E-state index in [9.17, 15) is 18.0 Å². The van der Waals surface area contributed by atoms with Crippen LogP contribution in [0.5, 0.6) is 0 Å². The second-order valence-corrected chi connectivity index (χ2v) is 6.09. The fourth-order valence-electron chi connectivity index (χ4n) is 2.97. The molecule has 0 spiro atoms. The second-order valence-electron chi connectivity index (χ2n) is 6.09. The lowest BCUT2D eigenvalue weighted by atomic mass is 10.1. The summed E-state index contributed by atoms with van der Waals surface area (Å²) in [6.45, 7) is 2.80. The van der Waals surface area contributed by atoms with Crippen LogP contribution in [0.1, 0.15) is 11.1 Å². The van der Waals surface area contributed by atoms with Gasteiger partial charge in [-0.3, -0.25) is 9.69 Å².